The summed E-state index contributed by atoms with van der Waals surface area (Å²) in [4.78, 5) is 12.1. The summed E-state index contributed by atoms with van der Waals surface area (Å²) in [6.07, 6.45) is 0.801. The average Bonchev–Trinajstić information content (AvgIpc) is 2.42. The third-order valence-corrected chi connectivity index (χ3v) is 3.92. The van der Waals surface area contributed by atoms with Crippen LogP contribution in [0.25, 0.3) is 0 Å². The summed E-state index contributed by atoms with van der Waals surface area (Å²) in [5.74, 6) is 0.0310. The number of nitrogens with one attached hydrogen (secondary N) is 2. The van der Waals surface area contributed by atoms with E-state index in [-0.39, 0.29) is 18.1 Å². The van der Waals surface area contributed by atoms with Gasteiger partial charge in [0.2, 0.25) is 5.91 Å². The lowest BCUT2D eigenvalue weighted by Gasteiger charge is -2.29. The van der Waals surface area contributed by atoms with Crippen molar-refractivity contribution in [1.29, 1.82) is 0 Å². The number of carbonyl (C=O) groups excluding carboxylic acids is 1. The molecular formula is C16H24N2O2. The van der Waals surface area contributed by atoms with Gasteiger partial charge in [0.25, 0.3) is 0 Å². The van der Waals surface area contributed by atoms with Gasteiger partial charge in [-0.3, -0.25) is 4.79 Å². The van der Waals surface area contributed by atoms with Gasteiger partial charge in [-0.05, 0) is 43.9 Å². The minimum absolute atomic E-state index is 0.0310. The van der Waals surface area contributed by atoms with Crippen molar-refractivity contribution in [2.45, 2.75) is 39.3 Å². The molecule has 0 aliphatic carbocycles. The number of benzene rings is 1. The Kier molecular flexibility index (Phi) is 5.15. The zero-order valence-corrected chi connectivity index (χ0v) is 12.5. The van der Waals surface area contributed by atoms with Crippen LogP contribution in [0.15, 0.2) is 18.2 Å². The zero-order valence-electron chi connectivity index (χ0n) is 12.5. The molecule has 1 aliphatic heterocycles. The molecule has 0 spiro atoms. The van der Waals surface area contributed by atoms with Gasteiger partial charge < -0.3 is 15.4 Å². The van der Waals surface area contributed by atoms with Crippen molar-refractivity contribution >= 4 is 5.91 Å². The molecule has 4 heteroatoms. The number of amides is 1. The van der Waals surface area contributed by atoms with Crippen molar-refractivity contribution in [3.05, 3.63) is 34.9 Å². The Bertz CT molecular complexity index is 453. The molecule has 0 unspecified atom stereocenters. The molecule has 0 saturated carbocycles. The van der Waals surface area contributed by atoms with E-state index < -0.39 is 0 Å². The number of hydrogen-bond donors (Lipinski definition) is 2. The average molecular weight is 276 g/mol. The first-order valence-corrected chi connectivity index (χ1v) is 7.27. The Labute approximate surface area is 120 Å². The Morgan fingerprint density at radius 2 is 2.10 bits per heavy atom. The molecule has 20 heavy (non-hydrogen) atoms. The van der Waals surface area contributed by atoms with Crippen LogP contribution < -0.4 is 10.6 Å². The largest absolute Gasteiger partial charge is 0.375 e. The van der Waals surface area contributed by atoms with Crippen LogP contribution in [0.1, 0.15) is 23.6 Å². The highest BCUT2D eigenvalue weighted by atomic mass is 16.5. The van der Waals surface area contributed by atoms with Crippen molar-refractivity contribution in [2.75, 3.05) is 19.7 Å². The maximum absolute atomic E-state index is 12.1. The SMILES string of the molecule is Cc1cccc(C)c1CCNC(=O)[C@H]1NCCO[C@@H]1C. The zero-order chi connectivity index (χ0) is 14.5. The fraction of sp³-hybridized carbons (Fsp3) is 0.562. The first kappa shape index (κ1) is 15.0. The molecular weight excluding hydrogens is 252 g/mol. The van der Waals surface area contributed by atoms with Crippen LogP contribution in [0.3, 0.4) is 0 Å². The first-order valence-electron chi connectivity index (χ1n) is 7.27. The van der Waals surface area contributed by atoms with E-state index in [2.05, 4.69) is 42.7 Å². The van der Waals surface area contributed by atoms with E-state index >= 15 is 0 Å². The summed E-state index contributed by atoms with van der Waals surface area (Å²) >= 11 is 0. The van der Waals surface area contributed by atoms with Crippen molar-refractivity contribution in [1.82, 2.24) is 10.6 Å². The molecule has 0 aromatic heterocycles. The lowest BCUT2D eigenvalue weighted by molar-refractivity contribution is -0.128. The van der Waals surface area contributed by atoms with Crippen LogP contribution in [0.4, 0.5) is 0 Å². The van der Waals surface area contributed by atoms with Crippen molar-refractivity contribution in [2.24, 2.45) is 0 Å². The minimum Gasteiger partial charge on any atom is -0.375 e. The standard InChI is InChI=1S/C16H24N2O2/c1-11-5-4-6-12(2)14(11)7-8-18-16(19)15-13(3)20-10-9-17-15/h4-6,13,15,17H,7-10H2,1-3H3,(H,18,19)/t13-,15+/m1/s1. The molecule has 1 aromatic carbocycles. The second-order valence-electron chi connectivity index (χ2n) is 5.42. The number of ether oxygens (including phenoxy) is 1. The van der Waals surface area contributed by atoms with E-state index in [0.29, 0.717) is 13.2 Å². The van der Waals surface area contributed by atoms with Crippen LogP contribution in [-0.2, 0) is 16.0 Å². The molecule has 0 radical (unpaired) electrons. The Morgan fingerprint density at radius 1 is 1.40 bits per heavy atom. The van der Waals surface area contributed by atoms with Gasteiger partial charge in [0.05, 0.1) is 12.7 Å². The fourth-order valence-electron chi connectivity index (χ4n) is 2.69. The number of rotatable bonds is 4. The van der Waals surface area contributed by atoms with Gasteiger partial charge in [0.1, 0.15) is 6.04 Å². The van der Waals surface area contributed by atoms with E-state index in [9.17, 15) is 4.79 Å². The normalized spacial score (nSPS) is 22.6. The molecule has 2 atom stereocenters. The van der Waals surface area contributed by atoms with E-state index in [1.54, 1.807) is 0 Å². The third-order valence-electron chi connectivity index (χ3n) is 3.92. The van der Waals surface area contributed by atoms with Crippen molar-refractivity contribution < 1.29 is 9.53 Å². The van der Waals surface area contributed by atoms with Crippen LogP contribution in [0.5, 0.6) is 0 Å². The quantitative estimate of drug-likeness (QED) is 0.872. The molecule has 1 fully saturated rings. The molecule has 2 rings (SSSR count). The van der Waals surface area contributed by atoms with Crippen LogP contribution in [-0.4, -0.2) is 37.7 Å². The minimum atomic E-state index is -0.235. The van der Waals surface area contributed by atoms with Crippen LogP contribution >= 0.6 is 0 Å². The van der Waals surface area contributed by atoms with Gasteiger partial charge in [-0.15, -0.1) is 0 Å². The monoisotopic (exact) mass is 276 g/mol. The van der Waals surface area contributed by atoms with E-state index in [4.69, 9.17) is 4.74 Å². The molecule has 4 nitrogen and oxygen atoms in total. The maximum Gasteiger partial charge on any atom is 0.239 e. The highest BCUT2D eigenvalue weighted by Gasteiger charge is 2.27. The van der Waals surface area contributed by atoms with E-state index in [0.717, 1.165) is 13.0 Å². The highest BCUT2D eigenvalue weighted by Crippen LogP contribution is 2.13. The topological polar surface area (TPSA) is 50.4 Å². The molecule has 1 saturated heterocycles. The van der Waals surface area contributed by atoms with Gasteiger partial charge in [0, 0.05) is 13.1 Å². The van der Waals surface area contributed by atoms with Crippen LogP contribution in [0.2, 0.25) is 0 Å². The number of aryl methyl sites for hydroxylation is 2. The number of carbonyl (C=O) groups is 1. The van der Waals surface area contributed by atoms with E-state index in [1.807, 2.05) is 6.92 Å². The first-order chi connectivity index (χ1) is 9.59. The van der Waals surface area contributed by atoms with Crippen LogP contribution in [0, 0.1) is 13.8 Å². The molecule has 1 heterocycles. The Balaban J connectivity index is 1.85. The third kappa shape index (κ3) is 3.58. The second-order valence-corrected chi connectivity index (χ2v) is 5.42. The number of morpholine rings is 1. The smallest absolute Gasteiger partial charge is 0.239 e. The molecule has 2 N–H and O–H groups in total. The fourth-order valence-corrected chi connectivity index (χ4v) is 2.69. The predicted octanol–water partition coefficient (Wildman–Crippen LogP) is 1.34. The maximum atomic E-state index is 12.1. The summed E-state index contributed by atoms with van der Waals surface area (Å²) in [5, 5.41) is 6.21. The van der Waals surface area contributed by atoms with Gasteiger partial charge in [-0.2, -0.15) is 0 Å². The van der Waals surface area contributed by atoms with Gasteiger partial charge in [0.15, 0.2) is 0 Å². The molecule has 0 bridgehead atoms. The Hall–Kier alpha value is -1.39. The predicted molar refractivity (Wildman–Crippen MR) is 79.8 cm³/mol. The lowest BCUT2D eigenvalue weighted by atomic mass is 10.00. The van der Waals surface area contributed by atoms with Gasteiger partial charge >= 0.3 is 0 Å². The van der Waals surface area contributed by atoms with Gasteiger partial charge in [-0.1, -0.05) is 18.2 Å². The van der Waals surface area contributed by atoms with Crippen molar-refractivity contribution in [3.8, 4) is 0 Å². The summed E-state index contributed by atoms with van der Waals surface area (Å²) in [7, 11) is 0. The van der Waals surface area contributed by atoms with Gasteiger partial charge in [-0.25, -0.2) is 0 Å². The number of hydrogen-bond acceptors (Lipinski definition) is 3. The summed E-state index contributed by atoms with van der Waals surface area (Å²) in [5.41, 5.74) is 3.90. The summed E-state index contributed by atoms with van der Waals surface area (Å²) in [6.45, 7) is 8.23. The molecule has 110 valence electrons. The van der Waals surface area contributed by atoms with E-state index in [1.165, 1.54) is 16.7 Å². The Morgan fingerprint density at radius 3 is 2.75 bits per heavy atom. The lowest BCUT2D eigenvalue weighted by Crippen LogP contribution is -2.55. The summed E-state index contributed by atoms with van der Waals surface area (Å²) < 4.78 is 5.49. The molecule has 1 aliphatic rings. The summed E-state index contributed by atoms with van der Waals surface area (Å²) in [6, 6.07) is 6.06. The van der Waals surface area contributed by atoms with Crippen molar-refractivity contribution in [3.63, 3.8) is 0 Å². The molecule has 1 aromatic rings. The molecule has 1 amide bonds. The highest BCUT2D eigenvalue weighted by molar-refractivity contribution is 5.82. The second kappa shape index (κ2) is 6.86.